The molecule has 34 heavy (non-hydrogen) atoms. The first-order valence-electron chi connectivity index (χ1n) is 13.8. The number of urea groups is 1. The van der Waals surface area contributed by atoms with E-state index in [9.17, 15) is 4.79 Å². The number of rotatable bonds is 1. The standard InChI is InChI=1S/C28H44N2O4/c1-6-29-23(31)30-18-27(34-24(30,2)3)12-10-22-20-8-7-19-17-28(32-15-16-33-28)14-13-25(19,4)21(20)9-11-26(22,27)5/h7,20-22H,6,8-18H2,1-5H3,(H,29,31)/t20?,21?,22?,25-,26-,27+/m0/s1. The summed E-state index contributed by atoms with van der Waals surface area (Å²) in [4.78, 5) is 14.9. The summed E-state index contributed by atoms with van der Waals surface area (Å²) in [5.74, 6) is 1.75. The third-order valence-electron chi connectivity index (χ3n) is 11.3. The second kappa shape index (κ2) is 7.45. The monoisotopic (exact) mass is 472 g/mol. The van der Waals surface area contributed by atoms with E-state index in [-0.39, 0.29) is 28.2 Å². The van der Waals surface area contributed by atoms with Crippen molar-refractivity contribution in [2.45, 2.75) is 103 Å². The van der Waals surface area contributed by atoms with E-state index in [4.69, 9.17) is 14.2 Å². The first-order valence-corrected chi connectivity index (χ1v) is 13.8. The largest absolute Gasteiger partial charge is 0.347 e. The normalized spacial score (nSPS) is 46.2. The lowest BCUT2D eigenvalue weighted by Crippen LogP contribution is -2.56. The quantitative estimate of drug-likeness (QED) is 0.531. The number of carbonyl (C=O) groups is 1. The summed E-state index contributed by atoms with van der Waals surface area (Å²) in [6, 6.07) is 0.00958. The van der Waals surface area contributed by atoms with Crippen LogP contribution in [0.3, 0.4) is 0 Å². The number of hydrogen-bond acceptors (Lipinski definition) is 4. The lowest BCUT2D eigenvalue weighted by Gasteiger charge is -2.59. The van der Waals surface area contributed by atoms with Crippen LogP contribution in [0, 0.1) is 28.6 Å². The average Bonchev–Trinajstić information content (AvgIpc) is 3.44. The molecule has 6 rings (SSSR count). The Bertz CT molecular complexity index is 895. The lowest BCUT2D eigenvalue weighted by molar-refractivity contribution is -0.193. The second-order valence-corrected chi connectivity index (χ2v) is 13.0. The van der Waals surface area contributed by atoms with E-state index in [0.717, 1.165) is 38.4 Å². The van der Waals surface area contributed by atoms with Gasteiger partial charge in [-0.25, -0.2) is 4.79 Å². The van der Waals surface area contributed by atoms with E-state index in [1.807, 2.05) is 11.8 Å². The van der Waals surface area contributed by atoms with Gasteiger partial charge in [0, 0.05) is 24.8 Å². The Morgan fingerprint density at radius 1 is 1.06 bits per heavy atom. The molecule has 0 aromatic rings. The van der Waals surface area contributed by atoms with Gasteiger partial charge in [-0.1, -0.05) is 25.5 Å². The third-order valence-corrected chi connectivity index (χ3v) is 11.3. The molecule has 6 heteroatoms. The number of fused-ring (bicyclic) bond motifs is 6. The first-order chi connectivity index (χ1) is 16.1. The summed E-state index contributed by atoms with van der Waals surface area (Å²) in [6.07, 6.45) is 11.6. The van der Waals surface area contributed by atoms with Crippen LogP contribution in [0.5, 0.6) is 0 Å². The molecule has 6 aliphatic rings. The van der Waals surface area contributed by atoms with Crippen LogP contribution in [0.25, 0.3) is 0 Å². The van der Waals surface area contributed by atoms with E-state index in [2.05, 4.69) is 39.1 Å². The topological polar surface area (TPSA) is 60.0 Å². The molecule has 3 unspecified atom stereocenters. The molecule has 6 nitrogen and oxygen atoms in total. The predicted octanol–water partition coefficient (Wildman–Crippen LogP) is 5.23. The Hall–Kier alpha value is -1.11. The van der Waals surface area contributed by atoms with Crippen LogP contribution < -0.4 is 5.32 Å². The number of carbonyl (C=O) groups excluding carboxylic acids is 1. The van der Waals surface area contributed by atoms with Gasteiger partial charge in [0.05, 0.1) is 25.4 Å². The first kappa shape index (κ1) is 23.3. The number of nitrogens with zero attached hydrogens (tertiary/aromatic N) is 1. The van der Waals surface area contributed by atoms with E-state index in [0.29, 0.717) is 24.9 Å². The van der Waals surface area contributed by atoms with Crippen molar-refractivity contribution in [1.29, 1.82) is 0 Å². The Labute approximate surface area is 205 Å². The van der Waals surface area contributed by atoms with Crippen molar-refractivity contribution in [1.82, 2.24) is 10.2 Å². The van der Waals surface area contributed by atoms with Crippen molar-refractivity contribution >= 4 is 6.03 Å². The third kappa shape index (κ3) is 3.00. The smallest absolute Gasteiger partial charge is 0.319 e. The van der Waals surface area contributed by atoms with Crippen LogP contribution >= 0.6 is 0 Å². The van der Waals surface area contributed by atoms with Gasteiger partial charge in [-0.3, -0.25) is 4.90 Å². The highest BCUT2D eigenvalue weighted by molar-refractivity contribution is 5.75. The summed E-state index contributed by atoms with van der Waals surface area (Å²) in [6.45, 7) is 14.0. The molecule has 2 amide bonds. The molecule has 0 aromatic heterocycles. The molecule has 6 atom stereocenters. The average molecular weight is 473 g/mol. The van der Waals surface area contributed by atoms with E-state index in [1.54, 1.807) is 5.57 Å². The van der Waals surface area contributed by atoms with Crippen molar-refractivity contribution in [3.8, 4) is 0 Å². The maximum atomic E-state index is 12.9. The van der Waals surface area contributed by atoms with E-state index in [1.165, 1.54) is 32.1 Å². The van der Waals surface area contributed by atoms with Crippen LogP contribution in [-0.2, 0) is 14.2 Å². The second-order valence-electron chi connectivity index (χ2n) is 13.0. The van der Waals surface area contributed by atoms with Gasteiger partial charge in [0.25, 0.3) is 0 Å². The Morgan fingerprint density at radius 2 is 1.79 bits per heavy atom. The van der Waals surface area contributed by atoms with Crippen molar-refractivity contribution < 1.29 is 19.0 Å². The fraction of sp³-hybridized carbons (Fsp3) is 0.893. The molecule has 0 bridgehead atoms. The number of amides is 2. The van der Waals surface area contributed by atoms with Gasteiger partial charge < -0.3 is 19.5 Å². The maximum Gasteiger partial charge on any atom is 0.319 e. The van der Waals surface area contributed by atoms with Crippen LogP contribution in [0.15, 0.2) is 11.6 Å². The van der Waals surface area contributed by atoms with Crippen molar-refractivity contribution in [3.05, 3.63) is 11.6 Å². The SMILES string of the molecule is CCNC(=O)N1C[C@@]2(CCC3C4CC=C5CC6(CC[C@]5(C)C4CC[C@@]32C)OCCO6)OC1(C)C. The molecule has 2 heterocycles. The molecule has 1 N–H and O–H groups in total. The summed E-state index contributed by atoms with van der Waals surface area (Å²) in [7, 11) is 0. The van der Waals surface area contributed by atoms with Gasteiger partial charge >= 0.3 is 6.03 Å². The molecule has 0 aromatic carbocycles. The van der Waals surface area contributed by atoms with Crippen LogP contribution in [0.4, 0.5) is 4.79 Å². The van der Waals surface area contributed by atoms with Gasteiger partial charge in [-0.05, 0) is 82.5 Å². The van der Waals surface area contributed by atoms with Gasteiger partial charge in [0.2, 0.25) is 0 Å². The van der Waals surface area contributed by atoms with Gasteiger partial charge in [-0.2, -0.15) is 0 Å². The number of ether oxygens (including phenoxy) is 3. The fourth-order valence-corrected chi connectivity index (χ4v) is 9.44. The predicted molar refractivity (Wildman–Crippen MR) is 130 cm³/mol. The molecule has 2 saturated heterocycles. The minimum atomic E-state index is -0.571. The minimum Gasteiger partial charge on any atom is -0.347 e. The molecule has 3 saturated carbocycles. The minimum absolute atomic E-state index is 0.00958. The molecule has 190 valence electrons. The lowest BCUT2D eigenvalue weighted by atomic mass is 9.46. The fourth-order valence-electron chi connectivity index (χ4n) is 9.44. The van der Waals surface area contributed by atoms with Crippen molar-refractivity contribution in [2.24, 2.45) is 28.6 Å². The summed E-state index contributed by atoms with van der Waals surface area (Å²) in [5, 5.41) is 3.01. The van der Waals surface area contributed by atoms with Gasteiger partial charge in [0.1, 0.15) is 5.72 Å². The van der Waals surface area contributed by atoms with Crippen molar-refractivity contribution in [2.75, 3.05) is 26.3 Å². The van der Waals surface area contributed by atoms with Crippen LogP contribution in [-0.4, -0.2) is 54.3 Å². The molecule has 0 radical (unpaired) electrons. The van der Waals surface area contributed by atoms with E-state index >= 15 is 0 Å². The number of nitrogens with one attached hydrogen (secondary N) is 1. The van der Waals surface area contributed by atoms with Crippen LogP contribution in [0.1, 0.15) is 86.0 Å². The molecule has 4 aliphatic carbocycles. The molecule has 2 aliphatic heterocycles. The number of allylic oxidation sites excluding steroid dienone is 1. The highest BCUT2D eigenvalue weighted by atomic mass is 16.7. The Balaban J connectivity index is 1.27. The molecular formula is C28H44N2O4. The highest BCUT2D eigenvalue weighted by Gasteiger charge is 2.69. The molecule has 5 fully saturated rings. The Morgan fingerprint density at radius 3 is 2.53 bits per heavy atom. The van der Waals surface area contributed by atoms with Crippen LogP contribution in [0.2, 0.25) is 0 Å². The van der Waals surface area contributed by atoms with Gasteiger partial charge in [-0.15, -0.1) is 0 Å². The summed E-state index contributed by atoms with van der Waals surface area (Å²) in [5.41, 5.74) is 1.17. The van der Waals surface area contributed by atoms with E-state index < -0.39 is 5.72 Å². The summed E-state index contributed by atoms with van der Waals surface area (Å²) >= 11 is 0. The highest BCUT2D eigenvalue weighted by Crippen LogP contribution is 2.70. The molecule has 2 spiro atoms. The summed E-state index contributed by atoms with van der Waals surface area (Å²) < 4.78 is 19.2. The zero-order valence-corrected chi connectivity index (χ0v) is 21.9. The van der Waals surface area contributed by atoms with Gasteiger partial charge in [0.15, 0.2) is 5.79 Å². The number of hydrogen-bond donors (Lipinski definition) is 1. The Kier molecular flexibility index (Phi) is 5.11. The molecular weight excluding hydrogens is 428 g/mol. The van der Waals surface area contributed by atoms with Crippen molar-refractivity contribution in [3.63, 3.8) is 0 Å². The maximum absolute atomic E-state index is 12.9. The zero-order valence-electron chi connectivity index (χ0n) is 21.9. The zero-order chi connectivity index (χ0) is 24.0.